The van der Waals surface area contributed by atoms with E-state index >= 15 is 0 Å². The van der Waals surface area contributed by atoms with Crippen LogP contribution in [0.5, 0.6) is 0 Å². The molecule has 28 heavy (non-hydrogen) atoms. The monoisotopic (exact) mass is 386 g/mol. The van der Waals surface area contributed by atoms with Crippen LogP contribution in [0.1, 0.15) is 35.2 Å². The zero-order valence-corrected chi connectivity index (χ0v) is 16.6. The molecule has 7 heteroatoms. The van der Waals surface area contributed by atoms with Crippen LogP contribution in [0.15, 0.2) is 24.3 Å². The predicted octanol–water partition coefficient (Wildman–Crippen LogP) is 0.867. The highest BCUT2D eigenvalue weighted by Gasteiger charge is 2.28. The zero-order valence-electron chi connectivity index (χ0n) is 16.6. The second-order valence-corrected chi connectivity index (χ2v) is 7.87. The van der Waals surface area contributed by atoms with Crippen LogP contribution >= 0.6 is 0 Å². The van der Waals surface area contributed by atoms with Gasteiger partial charge in [-0.15, -0.1) is 0 Å². The highest BCUT2D eigenvalue weighted by Crippen LogP contribution is 2.17. The Labute approximate surface area is 166 Å². The Hall–Kier alpha value is -2.41. The molecule has 3 amide bonds. The first-order valence-electron chi connectivity index (χ1n) is 10.1. The maximum Gasteiger partial charge on any atom is 0.253 e. The quantitative estimate of drug-likeness (QED) is 0.832. The molecule has 2 fully saturated rings. The van der Waals surface area contributed by atoms with Crippen molar-refractivity contribution in [2.75, 3.05) is 45.8 Å². The number of aryl methyl sites for hydroxylation is 1. The van der Waals surface area contributed by atoms with Crippen LogP contribution in [0.3, 0.4) is 0 Å². The lowest BCUT2D eigenvalue weighted by Gasteiger charge is -2.33. The molecule has 2 aliphatic rings. The maximum absolute atomic E-state index is 12.8. The van der Waals surface area contributed by atoms with Crippen LogP contribution in [0.25, 0.3) is 0 Å². The number of hydrogen-bond donors (Lipinski definition) is 1. The third-order valence-electron chi connectivity index (χ3n) is 5.68. The van der Waals surface area contributed by atoms with Crippen LogP contribution in [0, 0.1) is 12.8 Å². The second-order valence-electron chi connectivity index (χ2n) is 7.87. The summed E-state index contributed by atoms with van der Waals surface area (Å²) in [4.78, 5) is 42.6. The maximum atomic E-state index is 12.8. The Bertz CT molecular complexity index is 736. The summed E-state index contributed by atoms with van der Waals surface area (Å²) in [7, 11) is 0. The van der Waals surface area contributed by atoms with Gasteiger partial charge in [0.2, 0.25) is 11.8 Å². The van der Waals surface area contributed by atoms with E-state index in [4.69, 9.17) is 5.73 Å². The summed E-state index contributed by atoms with van der Waals surface area (Å²) in [5, 5.41) is 0. The lowest BCUT2D eigenvalue weighted by Crippen LogP contribution is -2.48. The Morgan fingerprint density at radius 2 is 1.82 bits per heavy atom. The van der Waals surface area contributed by atoms with Crippen molar-refractivity contribution in [1.29, 1.82) is 0 Å². The number of benzene rings is 1. The van der Waals surface area contributed by atoms with Crippen molar-refractivity contribution in [3.8, 4) is 0 Å². The number of nitrogens with two attached hydrogens (primary N) is 1. The average Bonchev–Trinajstić information content (AvgIpc) is 2.93. The molecule has 0 saturated carbocycles. The number of carbonyl (C=O) groups excluding carboxylic acids is 3. The first-order chi connectivity index (χ1) is 13.4. The van der Waals surface area contributed by atoms with Crippen molar-refractivity contribution in [3.63, 3.8) is 0 Å². The summed E-state index contributed by atoms with van der Waals surface area (Å²) in [5.74, 6) is -0.455. The third-order valence-corrected chi connectivity index (χ3v) is 5.68. The van der Waals surface area contributed by atoms with E-state index in [-0.39, 0.29) is 23.6 Å². The number of likely N-dealkylation sites (tertiary alicyclic amines) is 1. The van der Waals surface area contributed by atoms with E-state index in [9.17, 15) is 14.4 Å². The predicted molar refractivity (Wildman–Crippen MR) is 107 cm³/mol. The molecular weight excluding hydrogens is 356 g/mol. The Morgan fingerprint density at radius 1 is 1.04 bits per heavy atom. The molecular formula is C21H30N4O3. The van der Waals surface area contributed by atoms with E-state index in [2.05, 4.69) is 4.90 Å². The van der Waals surface area contributed by atoms with Gasteiger partial charge in [0.15, 0.2) is 0 Å². The van der Waals surface area contributed by atoms with Crippen LogP contribution in [-0.2, 0) is 9.59 Å². The molecule has 1 aromatic carbocycles. The lowest BCUT2D eigenvalue weighted by atomic mass is 9.97. The van der Waals surface area contributed by atoms with Gasteiger partial charge in [-0.1, -0.05) is 17.7 Å². The zero-order chi connectivity index (χ0) is 20.1. The lowest BCUT2D eigenvalue weighted by molar-refractivity contribution is -0.136. The normalized spacial score (nSPS) is 21.2. The number of nitrogens with zero attached hydrogens (tertiary/aromatic N) is 3. The number of carbonyl (C=O) groups is 3. The molecule has 2 N–H and O–H groups in total. The Balaban J connectivity index is 1.53. The Kier molecular flexibility index (Phi) is 6.67. The topological polar surface area (TPSA) is 87.0 Å². The van der Waals surface area contributed by atoms with Gasteiger partial charge in [-0.05, 0) is 38.3 Å². The van der Waals surface area contributed by atoms with Crippen LogP contribution in [-0.4, -0.2) is 78.2 Å². The minimum atomic E-state index is -0.322. The summed E-state index contributed by atoms with van der Waals surface area (Å²) in [6.45, 7) is 6.21. The highest BCUT2D eigenvalue weighted by molar-refractivity contribution is 5.94. The van der Waals surface area contributed by atoms with E-state index in [1.165, 1.54) is 0 Å². The van der Waals surface area contributed by atoms with E-state index < -0.39 is 0 Å². The van der Waals surface area contributed by atoms with E-state index in [1.54, 1.807) is 4.90 Å². The molecule has 0 radical (unpaired) electrons. The molecule has 0 spiro atoms. The van der Waals surface area contributed by atoms with Crippen molar-refractivity contribution < 1.29 is 14.4 Å². The summed E-state index contributed by atoms with van der Waals surface area (Å²) in [6, 6.07) is 7.66. The van der Waals surface area contributed by atoms with Gasteiger partial charge >= 0.3 is 0 Å². The van der Waals surface area contributed by atoms with Gasteiger partial charge in [0.25, 0.3) is 5.91 Å². The van der Waals surface area contributed by atoms with Crippen molar-refractivity contribution >= 4 is 17.7 Å². The molecule has 7 nitrogen and oxygen atoms in total. The standard InChI is InChI=1S/C21H30N4O3/c1-16-5-2-6-17(13-16)21(28)24-10-4-8-23(11-12-24)15-19(26)25-9-3-7-18(14-25)20(22)27/h2,5-6,13,18H,3-4,7-12,14-15H2,1H3,(H2,22,27). The van der Waals surface area contributed by atoms with Crippen molar-refractivity contribution in [3.05, 3.63) is 35.4 Å². The largest absolute Gasteiger partial charge is 0.369 e. The van der Waals surface area contributed by atoms with Gasteiger partial charge < -0.3 is 15.5 Å². The summed E-state index contributed by atoms with van der Waals surface area (Å²) in [6.07, 6.45) is 2.42. The smallest absolute Gasteiger partial charge is 0.253 e. The van der Waals surface area contributed by atoms with Crippen molar-refractivity contribution in [2.24, 2.45) is 11.7 Å². The first-order valence-corrected chi connectivity index (χ1v) is 10.1. The number of piperidine rings is 1. The third kappa shape index (κ3) is 5.10. The fraction of sp³-hybridized carbons (Fsp3) is 0.571. The number of primary amides is 1. The second kappa shape index (κ2) is 9.19. The fourth-order valence-corrected chi connectivity index (χ4v) is 4.02. The van der Waals surface area contributed by atoms with Gasteiger partial charge in [0, 0.05) is 44.8 Å². The molecule has 1 atom stereocenters. The molecule has 3 rings (SSSR count). The summed E-state index contributed by atoms with van der Waals surface area (Å²) < 4.78 is 0. The highest BCUT2D eigenvalue weighted by atomic mass is 16.2. The molecule has 152 valence electrons. The first kappa shape index (κ1) is 20.3. The van der Waals surface area contributed by atoms with Gasteiger partial charge in [-0.2, -0.15) is 0 Å². The fourth-order valence-electron chi connectivity index (χ4n) is 4.02. The van der Waals surface area contributed by atoms with Gasteiger partial charge in [0.1, 0.15) is 0 Å². The van der Waals surface area contributed by atoms with Crippen LogP contribution < -0.4 is 5.73 Å². The van der Waals surface area contributed by atoms with E-state index in [0.29, 0.717) is 39.3 Å². The minimum absolute atomic E-state index is 0.0458. The Morgan fingerprint density at radius 3 is 2.57 bits per heavy atom. The van der Waals surface area contributed by atoms with Crippen molar-refractivity contribution in [1.82, 2.24) is 14.7 Å². The van der Waals surface area contributed by atoms with Gasteiger partial charge in [-0.25, -0.2) is 0 Å². The molecule has 1 aromatic rings. The number of hydrogen-bond acceptors (Lipinski definition) is 4. The summed E-state index contributed by atoms with van der Waals surface area (Å²) >= 11 is 0. The number of amides is 3. The summed E-state index contributed by atoms with van der Waals surface area (Å²) in [5.41, 5.74) is 7.20. The molecule has 2 aliphatic heterocycles. The molecule has 2 saturated heterocycles. The van der Waals surface area contributed by atoms with Gasteiger partial charge in [-0.3, -0.25) is 19.3 Å². The van der Waals surface area contributed by atoms with Gasteiger partial charge in [0.05, 0.1) is 12.5 Å². The van der Waals surface area contributed by atoms with Crippen molar-refractivity contribution in [2.45, 2.75) is 26.2 Å². The average molecular weight is 386 g/mol. The van der Waals surface area contributed by atoms with E-state index in [0.717, 1.165) is 36.9 Å². The van der Waals surface area contributed by atoms with Crippen LogP contribution in [0.4, 0.5) is 0 Å². The number of rotatable bonds is 4. The molecule has 1 unspecified atom stereocenters. The van der Waals surface area contributed by atoms with Crippen LogP contribution in [0.2, 0.25) is 0 Å². The minimum Gasteiger partial charge on any atom is -0.369 e. The molecule has 0 bridgehead atoms. The van der Waals surface area contributed by atoms with E-state index in [1.807, 2.05) is 36.1 Å². The SMILES string of the molecule is Cc1cccc(C(=O)N2CCCN(CC(=O)N3CCCC(C(N)=O)C3)CC2)c1. The molecule has 0 aromatic heterocycles. The molecule has 2 heterocycles. The molecule has 0 aliphatic carbocycles.